The molecule has 0 heterocycles. The quantitative estimate of drug-likeness (QED) is 0.598. The highest BCUT2D eigenvalue weighted by molar-refractivity contribution is 6.45. The molecule has 0 aliphatic rings. The van der Waals surface area contributed by atoms with E-state index in [0.29, 0.717) is 0 Å². The van der Waals surface area contributed by atoms with E-state index in [1.807, 2.05) is 0 Å². The predicted molar refractivity (Wildman–Crippen MR) is 101 cm³/mol. The van der Waals surface area contributed by atoms with E-state index < -0.39 is 27.4 Å². The van der Waals surface area contributed by atoms with Crippen molar-refractivity contribution in [2.45, 2.75) is 0 Å². The molecule has 0 aliphatic heterocycles. The lowest BCUT2D eigenvalue weighted by molar-refractivity contribution is 0.0410. The third-order valence-corrected chi connectivity index (χ3v) is 4.61. The molecule has 0 bridgehead atoms. The van der Waals surface area contributed by atoms with Crippen LogP contribution < -0.4 is 0 Å². The molecule has 7 heteroatoms. The van der Waals surface area contributed by atoms with Crippen LogP contribution in [0, 0.1) is 0 Å². The van der Waals surface area contributed by atoms with Gasteiger partial charge in [0.15, 0.2) is 0 Å². The van der Waals surface area contributed by atoms with E-state index >= 15 is 0 Å². The number of carbonyl (C=O) groups excluding carboxylic acids is 3. The zero-order valence-corrected chi connectivity index (χ0v) is 15.6. The van der Waals surface area contributed by atoms with Gasteiger partial charge in [0, 0.05) is 0 Å². The highest BCUT2D eigenvalue weighted by Crippen LogP contribution is 2.10. The summed E-state index contributed by atoms with van der Waals surface area (Å²) in [7, 11) is -3.03. The van der Waals surface area contributed by atoms with Crippen LogP contribution in [0.3, 0.4) is 0 Å². The number of carbonyl (C=O) groups is 3. The molecule has 0 unspecified atom stereocenters. The van der Waals surface area contributed by atoms with Crippen LogP contribution in [0.25, 0.3) is 0 Å². The standard InChI is InChI=1S/C21H15O6Si/c22-19(16-10-4-1-5-11-16)25-28(26-20(23)17-12-6-2-7-13-17)27-21(24)18-14-8-3-9-15-18/h1-15H. The van der Waals surface area contributed by atoms with E-state index in [1.165, 1.54) is 0 Å². The molecular formula is C21H15O6Si. The maximum absolute atomic E-state index is 12.3. The fourth-order valence-corrected chi connectivity index (χ4v) is 3.12. The number of hydrogen-bond donors (Lipinski definition) is 0. The van der Waals surface area contributed by atoms with Crippen molar-refractivity contribution in [2.24, 2.45) is 0 Å². The highest BCUT2D eigenvalue weighted by atomic mass is 28.3. The van der Waals surface area contributed by atoms with Gasteiger partial charge in [0.1, 0.15) is 0 Å². The van der Waals surface area contributed by atoms with Gasteiger partial charge in [-0.05, 0) is 36.4 Å². The Labute approximate surface area is 163 Å². The topological polar surface area (TPSA) is 78.9 Å². The zero-order valence-electron chi connectivity index (χ0n) is 14.6. The van der Waals surface area contributed by atoms with Crippen LogP contribution >= 0.6 is 0 Å². The first-order valence-electron chi connectivity index (χ1n) is 8.32. The van der Waals surface area contributed by atoms with Crippen molar-refractivity contribution in [1.29, 1.82) is 0 Å². The maximum atomic E-state index is 12.3. The average Bonchev–Trinajstić information content (AvgIpc) is 2.75. The monoisotopic (exact) mass is 391 g/mol. The minimum absolute atomic E-state index is 0.247. The molecule has 3 aromatic rings. The minimum atomic E-state index is -3.03. The van der Waals surface area contributed by atoms with Gasteiger partial charge >= 0.3 is 27.4 Å². The largest absolute Gasteiger partial charge is 0.824 e. The Hall–Kier alpha value is -3.71. The SMILES string of the molecule is O=C(O[Si](OC(=O)c1ccccc1)OC(=O)c1ccccc1)c1ccccc1. The lowest BCUT2D eigenvalue weighted by Gasteiger charge is -2.14. The van der Waals surface area contributed by atoms with Crippen molar-refractivity contribution >= 4 is 27.4 Å². The zero-order chi connectivity index (χ0) is 19.8. The molecule has 3 rings (SSSR count). The van der Waals surface area contributed by atoms with Gasteiger partial charge < -0.3 is 13.3 Å². The van der Waals surface area contributed by atoms with Gasteiger partial charge in [-0.1, -0.05) is 54.6 Å². The first-order chi connectivity index (χ1) is 13.6. The lowest BCUT2D eigenvalue weighted by Crippen LogP contribution is -2.35. The van der Waals surface area contributed by atoms with E-state index in [-0.39, 0.29) is 16.7 Å². The molecule has 0 aromatic heterocycles. The Kier molecular flexibility index (Phi) is 6.32. The second-order valence-electron chi connectivity index (χ2n) is 5.52. The van der Waals surface area contributed by atoms with Crippen molar-refractivity contribution in [3.05, 3.63) is 108 Å². The van der Waals surface area contributed by atoms with E-state index in [9.17, 15) is 14.4 Å². The first-order valence-corrected chi connectivity index (χ1v) is 9.54. The van der Waals surface area contributed by atoms with Gasteiger partial charge in [-0.2, -0.15) is 0 Å². The van der Waals surface area contributed by atoms with Gasteiger partial charge in [-0.3, -0.25) is 0 Å². The molecule has 0 atom stereocenters. The van der Waals surface area contributed by atoms with Crippen LogP contribution in [0.5, 0.6) is 0 Å². The van der Waals surface area contributed by atoms with Gasteiger partial charge in [-0.25, -0.2) is 14.4 Å². The molecule has 0 saturated heterocycles. The predicted octanol–water partition coefficient (Wildman–Crippen LogP) is 3.54. The molecule has 139 valence electrons. The summed E-state index contributed by atoms with van der Waals surface area (Å²) in [5.74, 6) is -2.26. The van der Waals surface area contributed by atoms with Gasteiger partial charge in [0.05, 0.1) is 16.7 Å². The Morgan fingerprint density at radius 3 is 0.964 bits per heavy atom. The smallest absolute Gasteiger partial charge is 0.447 e. The lowest BCUT2D eigenvalue weighted by atomic mass is 10.2. The van der Waals surface area contributed by atoms with E-state index in [4.69, 9.17) is 13.3 Å². The normalized spacial score (nSPS) is 10.2. The fraction of sp³-hybridized carbons (Fsp3) is 0. The summed E-state index contributed by atoms with van der Waals surface area (Å²) in [5, 5.41) is 0. The second-order valence-corrected chi connectivity index (χ2v) is 6.63. The molecule has 0 fully saturated rings. The minimum Gasteiger partial charge on any atom is -0.447 e. The molecule has 0 N–H and O–H groups in total. The van der Waals surface area contributed by atoms with Gasteiger partial charge in [0.25, 0.3) is 0 Å². The Balaban J connectivity index is 1.76. The molecule has 0 spiro atoms. The van der Waals surface area contributed by atoms with E-state index in [0.717, 1.165) is 0 Å². The summed E-state index contributed by atoms with van der Waals surface area (Å²) in [4.78, 5) is 36.9. The van der Waals surface area contributed by atoms with Crippen molar-refractivity contribution in [1.82, 2.24) is 0 Å². The van der Waals surface area contributed by atoms with Crippen LogP contribution in [-0.2, 0) is 13.3 Å². The second kappa shape index (κ2) is 9.29. The van der Waals surface area contributed by atoms with Gasteiger partial charge in [-0.15, -0.1) is 0 Å². The van der Waals surface area contributed by atoms with Crippen LogP contribution in [0.4, 0.5) is 0 Å². The van der Waals surface area contributed by atoms with Crippen molar-refractivity contribution in [3.8, 4) is 0 Å². The van der Waals surface area contributed by atoms with Crippen LogP contribution in [0.15, 0.2) is 91.0 Å². The van der Waals surface area contributed by atoms with Crippen LogP contribution in [0.2, 0.25) is 0 Å². The Bertz CT molecular complexity index is 817. The first kappa shape index (κ1) is 19.1. The summed E-state index contributed by atoms with van der Waals surface area (Å²) < 4.78 is 15.6. The van der Waals surface area contributed by atoms with Crippen LogP contribution in [0.1, 0.15) is 31.1 Å². The number of benzene rings is 3. The molecule has 3 aromatic carbocycles. The van der Waals surface area contributed by atoms with E-state index in [2.05, 4.69) is 0 Å². The molecule has 0 aliphatic carbocycles. The Morgan fingerprint density at radius 2 is 0.714 bits per heavy atom. The van der Waals surface area contributed by atoms with Crippen molar-refractivity contribution in [2.75, 3.05) is 0 Å². The fourth-order valence-electron chi connectivity index (χ4n) is 2.19. The number of hydrogen-bond acceptors (Lipinski definition) is 6. The molecule has 0 amide bonds. The number of rotatable bonds is 6. The van der Waals surface area contributed by atoms with Crippen molar-refractivity contribution in [3.63, 3.8) is 0 Å². The summed E-state index contributed by atoms with van der Waals surface area (Å²) in [6.07, 6.45) is 0. The summed E-state index contributed by atoms with van der Waals surface area (Å²) in [6, 6.07) is 24.4. The van der Waals surface area contributed by atoms with Gasteiger partial charge in [0.2, 0.25) is 0 Å². The third kappa shape index (κ3) is 5.15. The van der Waals surface area contributed by atoms with E-state index in [1.54, 1.807) is 91.0 Å². The molecule has 28 heavy (non-hydrogen) atoms. The third-order valence-electron chi connectivity index (χ3n) is 3.56. The maximum Gasteiger partial charge on any atom is 0.824 e. The average molecular weight is 391 g/mol. The molecule has 0 saturated carbocycles. The molecular weight excluding hydrogens is 376 g/mol. The summed E-state index contributed by atoms with van der Waals surface area (Å²) in [6.45, 7) is 0. The molecule has 1 radical (unpaired) electrons. The summed E-state index contributed by atoms with van der Waals surface area (Å²) >= 11 is 0. The van der Waals surface area contributed by atoms with Crippen molar-refractivity contribution < 1.29 is 27.7 Å². The Morgan fingerprint density at radius 1 is 0.464 bits per heavy atom. The molecule has 6 nitrogen and oxygen atoms in total. The highest BCUT2D eigenvalue weighted by Gasteiger charge is 2.36. The summed E-state index contributed by atoms with van der Waals surface area (Å²) in [5.41, 5.74) is 0.740. The van der Waals surface area contributed by atoms with Crippen LogP contribution in [-0.4, -0.2) is 27.4 Å².